The molecule has 0 saturated carbocycles. The number of amides is 1. The second-order valence-corrected chi connectivity index (χ2v) is 5.48. The molecule has 1 atom stereocenters. The SMILES string of the molecule is Cc1ncc(N)cc1C(=O)N1CCN2CCCC2C1. The summed E-state index contributed by atoms with van der Waals surface area (Å²) in [4.78, 5) is 21.2. The van der Waals surface area contributed by atoms with E-state index in [-0.39, 0.29) is 5.91 Å². The molecule has 1 aromatic rings. The molecule has 5 nitrogen and oxygen atoms in total. The van der Waals surface area contributed by atoms with Gasteiger partial charge in [-0.1, -0.05) is 0 Å². The van der Waals surface area contributed by atoms with Gasteiger partial charge in [-0.15, -0.1) is 0 Å². The summed E-state index contributed by atoms with van der Waals surface area (Å²) in [7, 11) is 0. The number of nitrogen functional groups attached to an aromatic ring is 1. The summed E-state index contributed by atoms with van der Waals surface area (Å²) >= 11 is 0. The lowest BCUT2D eigenvalue weighted by molar-refractivity contribution is 0.0570. The smallest absolute Gasteiger partial charge is 0.255 e. The molecule has 2 saturated heterocycles. The minimum atomic E-state index is 0.0730. The largest absolute Gasteiger partial charge is 0.397 e. The van der Waals surface area contributed by atoms with Gasteiger partial charge in [0.1, 0.15) is 0 Å². The molecular weight excluding hydrogens is 240 g/mol. The third kappa shape index (κ3) is 2.30. The average Bonchev–Trinajstić information content (AvgIpc) is 2.88. The van der Waals surface area contributed by atoms with Crippen molar-refractivity contribution in [1.29, 1.82) is 0 Å². The van der Waals surface area contributed by atoms with Gasteiger partial charge in [-0.3, -0.25) is 14.7 Å². The second-order valence-electron chi connectivity index (χ2n) is 5.48. The number of pyridine rings is 1. The quantitative estimate of drug-likeness (QED) is 0.814. The van der Waals surface area contributed by atoms with Crippen molar-refractivity contribution in [1.82, 2.24) is 14.8 Å². The van der Waals surface area contributed by atoms with E-state index in [4.69, 9.17) is 5.73 Å². The first kappa shape index (κ1) is 12.4. The molecule has 3 rings (SSSR count). The van der Waals surface area contributed by atoms with Crippen molar-refractivity contribution in [3.8, 4) is 0 Å². The zero-order chi connectivity index (χ0) is 13.4. The molecule has 0 aliphatic carbocycles. The summed E-state index contributed by atoms with van der Waals surface area (Å²) < 4.78 is 0. The lowest BCUT2D eigenvalue weighted by Gasteiger charge is -2.37. The fourth-order valence-corrected chi connectivity index (χ4v) is 3.11. The Morgan fingerprint density at radius 2 is 2.26 bits per heavy atom. The fraction of sp³-hybridized carbons (Fsp3) is 0.571. The highest BCUT2D eigenvalue weighted by Crippen LogP contribution is 2.23. The number of fused-ring (bicyclic) bond motifs is 1. The lowest BCUT2D eigenvalue weighted by Crippen LogP contribution is -2.52. The van der Waals surface area contributed by atoms with Crippen molar-refractivity contribution in [3.63, 3.8) is 0 Å². The third-order valence-corrected chi connectivity index (χ3v) is 4.21. The number of hydrogen-bond donors (Lipinski definition) is 1. The Labute approximate surface area is 113 Å². The number of piperazine rings is 1. The van der Waals surface area contributed by atoms with Crippen LogP contribution in [0.2, 0.25) is 0 Å². The van der Waals surface area contributed by atoms with Crippen molar-refractivity contribution in [2.24, 2.45) is 0 Å². The van der Waals surface area contributed by atoms with Gasteiger partial charge in [0.15, 0.2) is 0 Å². The molecule has 0 aromatic carbocycles. The first-order valence-corrected chi connectivity index (χ1v) is 6.90. The maximum absolute atomic E-state index is 12.6. The Balaban J connectivity index is 1.78. The third-order valence-electron chi connectivity index (χ3n) is 4.21. The van der Waals surface area contributed by atoms with Crippen LogP contribution >= 0.6 is 0 Å². The molecule has 0 bridgehead atoms. The van der Waals surface area contributed by atoms with Gasteiger partial charge in [-0.25, -0.2) is 0 Å². The van der Waals surface area contributed by atoms with Crippen LogP contribution in [0.15, 0.2) is 12.3 Å². The normalized spacial score (nSPS) is 23.4. The van der Waals surface area contributed by atoms with Crippen LogP contribution in [0.4, 0.5) is 5.69 Å². The number of aryl methyl sites for hydroxylation is 1. The summed E-state index contributed by atoms with van der Waals surface area (Å²) in [5.74, 6) is 0.0730. The topological polar surface area (TPSA) is 62.5 Å². The van der Waals surface area contributed by atoms with E-state index in [2.05, 4.69) is 9.88 Å². The maximum atomic E-state index is 12.6. The molecule has 3 heterocycles. The molecule has 102 valence electrons. The molecule has 0 spiro atoms. The monoisotopic (exact) mass is 260 g/mol. The Morgan fingerprint density at radius 1 is 1.42 bits per heavy atom. The van der Waals surface area contributed by atoms with E-state index >= 15 is 0 Å². The highest BCUT2D eigenvalue weighted by Gasteiger charge is 2.33. The van der Waals surface area contributed by atoms with Gasteiger partial charge in [0.2, 0.25) is 0 Å². The summed E-state index contributed by atoms with van der Waals surface area (Å²) in [6.07, 6.45) is 4.06. The number of nitrogens with zero attached hydrogens (tertiary/aromatic N) is 3. The number of anilines is 1. The van der Waals surface area contributed by atoms with Crippen LogP contribution in [0.25, 0.3) is 0 Å². The van der Waals surface area contributed by atoms with Gasteiger partial charge < -0.3 is 10.6 Å². The van der Waals surface area contributed by atoms with Crippen LogP contribution in [-0.4, -0.2) is 52.9 Å². The zero-order valence-corrected chi connectivity index (χ0v) is 11.3. The van der Waals surface area contributed by atoms with Crippen LogP contribution in [0.3, 0.4) is 0 Å². The van der Waals surface area contributed by atoms with E-state index in [9.17, 15) is 4.79 Å². The van der Waals surface area contributed by atoms with E-state index in [1.54, 1.807) is 12.3 Å². The minimum Gasteiger partial charge on any atom is -0.397 e. The number of rotatable bonds is 1. The Bertz CT molecular complexity index is 502. The van der Waals surface area contributed by atoms with E-state index in [1.165, 1.54) is 19.4 Å². The molecule has 2 fully saturated rings. The zero-order valence-electron chi connectivity index (χ0n) is 11.3. The summed E-state index contributed by atoms with van der Waals surface area (Å²) in [5.41, 5.74) is 7.69. The molecule has 0 radical (unpaired) electrons. The van der Waals surface area contributed by atoms with E-state index in [0.29, 0.717) is 17.3 Å². The molecular formula is C14H20N4O. The summed E-state index contributed by atoms with van der Waals surface area (Å²) in [6.45, 7) is 5.69. The average molecular weight is 260 g/mol. The van der Waals surface area contributed by atoms with Crippen molar-refractivity contribution >= 4 is 11.6 Å². The van der Waals surface area contributed by atoms with Crippen molar-refractivity contribution in [2.45, 2.75) is 25.8 Å². The van der Waals surface area contributed by atoms with Gasteiger partial charge in [0.05, 0.1) is 23.1 Å². The molecule has 2 aliphatic heterocycles. The first-order chi connectivity index (χ1) is 9.15. The fourth-order valence-electron chi connectivity index (χ4n) is 3.11. The predicted molar refractivity (Wildman–Crippen MR) is 73.9 cm³/mol. The lowest BCUT2D eigenvalue weighted by atomic mass is 10.1. The van der Waals surface area contributed by atoms with Gasteiger partial charge in [0, 0.05) is 25.7 Å². The van der Waals surface area contributed by atoms with Gasteiger partial charge >= 0.3 is 0 Å². The van der Waals surface area contributed by atoms with E-state index in [0.717, 1.165) is 25.3 Å². The number of hydrogen-bond acceptors (Lipinski definition) is 4. The Kier molecular flexibility index (Phi) is 3.14. The molecule has 1 unspecified atom stereocenters. The summed E-state index contributed by atoms with van der Waals surface area (Å²) in [6, 6.07) is 2.29. The van der Waals surface area contributed by atoms with Gasteiger partial charge in [0.25, 0.3) is 5.91 Å². The van der Waals surface area contributed by atoms with Crippen LogP contribution in [0.1, 0.15) is 28.9 Å². The Morgan fingerprint density at radius 3 is 3.11 bits per heavy atom. The molecule has 2 aliphatic rings. The van der Waals surface area contributed by atoms with E-state index in [1.807, 2.05) is 11.8 Å². The molecule has 2 N–H and O–H groups in total. The second kappa shape index (κ2) is 4.81. The predicted octanol–water partition coefficient (Wildman–Crippen LogP) is 0.892. The van der Waals surface area contributed by atoms with Crippen molar-refractivity contribution in [3.05, 3.63) is 23.5 Å². The Hall–Kier alpha value is -1.62. The summed E-state index contributed by atoms with van der Waals surface area (Å²) in [5, 5.41) is 0. The van der Waals surface area contributed by atoms with Crippen LogP contribution in [0.5, 0.6) is 0 Å². The molecule has 1 amide bonds. The standard InChI is InChI=1S/C14H20N4O/c1-10-13(7-11(15)8-16-10)14(19)18-6-5-17-4-2-3-12(17)9-18/h7-8,12H,2-6,9,15H2,1H3. The van der Waals surface area contributed by atoms with Crippen LogP contribution in [0, 0.1) is 6.92 Å². The van der Waals surface area contributed by atoms with Crippen LogP contribution in [-0.2, 0) is 0 Å². The number of aromatic nitrogens is 1. The maximum Gasteiger partial charge on any atom is 0.255 e. The highest BCUT2D eigenvalue weighted by molar-refractivity contribution is 5.96. The van der Waals surface area contributed by atoms with E-state index < -0.39 is 0 Å². The number of nitrogens with two attached hydrogens (primary N) is 1. The number of carbonyl (C=O) groups excluding carboxylic acids is 1. The van der Waals surface area contributed by atoms with Gasteiger partial charge in [-0.2, -0.15) is 0 Å². The van der Waals surface area contributed by atoms with Crippen molar-refractivity contribution < 1.29 is 4.79 Å². The van der Waals surface area contributed by atoms with Crippen molar-refractivity contribution in [2.75, 3.05) is 31.9 Å². The minimum absolute atomic E-state index is 0.0730. The highest BCUT2D eigenvalue weighted by atomic mass is 16.2. The van der Waals surface area contributed by atoms with Crippen LogP contribution < -0.4 is 5.73 Å². The first-order valence-electron chi connectivity index (χ1n) is 6.90. The van der Waals surface area contributed by atoms with Gasteiger partial charge in [-0.05, 0) is 32.4 Å². The molecule has 19 heavy (non-hydrogen) atoms. The number of carbonyl (C=O) groups is 1. The molecule has 1 aromatic heterocycles. The molecule has 5 heteroatoms.